The maximum atomic E-state index is 12.3. The molecule has 2 amide bonds. The van der Waals surface area contributed by atoms with E-state index in [0.29, 0.717) is 13.1 Å². The molecule has 0 unspecified atom stereocenters. The lowest BCUT2D eigenvalue weighted by Crippen LogP contribution is -2.50. The maximum Gasteiger partial charge on any atom is 0.309 e. The fourth-order valence-electron chi connectivity index (χ4n) is 3.75. The van der Waals surface area contributed by atoms with Crippen LogP contribution in [-0.4, -0.2) is 49.4 Å². The fourth-order valence-corrected chi connectivity index (χ4v) is 4.40. The van der Waals surface area contributed by atoms with Crippen LogP contribution in [0.1, 0.15) is 16.7 Å². The van der Waals surface area contributed by atoms with Crippen molar-refractivity contribution >= 4 is 28.8 Å². The molecule has 1 aliphatic rings. The number of amides is 2. The van der Waals surface area contributed by atoms with Crippen LogP contribution in [0.2, 0.25) is 0 Å². The van der Waals surface area contributed by atoms with E-state index in [9.17, 15) is 9.59 Å². The third kappa shape index (κ3) is 5.53. The van der Waals surface area contributed by atoms with Gasteiger partial charge in [0.1, 0.15) is 5.76 Å². The van der Waals surface area contributed by atoms with Gasteiger partial charge in [0.05, 0.1) is 18.8 Å². The average molecular weight is 439 g/mol. The van der Waals surface area contributed by atoms with Crippen LogP contribution < -0.4 is 15.5 Å². The van der Waals surface area contributed by atoms with Crippen LogP contribution in [0.3, 0.4) is 0 Å². The second-order valence-electron chi connectivity index (χ2n) is 7.36. The van der Waals surface area contributed by atoms with E-state index in [0.717, 1.165) is 36.8 Å². The van der Waals surface area contributed by atoms with Crippen molar-refractivity contribution in [2.45, 2.75) is 12.6 Å². The molecule has 8 heteroatoms. The minimum atomic E-state index is -0.629. The summed E-state index contributed by atoms with van der Waals surface area (Å²) in [5, 5.41) is 7.38. The summed E-state index contributed by atoms with van der Waals surface area (Å²) in [6.45, 7) is 4.10. The first-order valence-electron chi connectivity index (χ1n) is 10.4. The van der Waals surface area contributed by atoms with E-state index in [1.807, 2.05) is 47.8 Å². The van der Waals surface area contributed by atoms with Crippen molar-refractivity contribution < 1.29 is 14.0 Å². The first-order chi connectivity index (χ1) is 15.2. The molecule has 0 bridgehead atoms. The van der Waals surface area contributed by atoms with Gasteiger partial charge in [-0.25, -0.2) is 0 Å². The van der Waals surface area contributed by atoms with Crippen LogP contribution >= 0.6 is 11.3 Å². The molecule has 0 spiro atoms. The number of nitrogens with zero attached hydrogens (tertiary/aromatic N) is 2. The second kappa shape index (κ2) is 10.3. The summed E-state index contributed by atoms with van der Waals surface area (Å²) in [4.78, 5) is 30.1. The van der Waals surface area contributed by atoms with Crippen LogP contribution in [0.15, 0.2) is 70.7 Å². The number of carbonyl (C=O) groups is 2. The number of benzene rings is 1. The summed E-state index contributed by atoms with van der Waals surface area (Å²) in [7, 11) is 0. The Kier molecular flexibility index (Phi) is 7.01. The smallest absolute Gasteiger partial charge is 0.309 e. The van der Waals surface area contributed by atoms with E-state index in [1.54, 1.807) is 17.6 Å². The Hall–Kier alpha value is -3.10. The largest absolute Gasteiger partial charge is 0.468 e. The van der Waals surface area contributed by atoms with Crippen molar-refractivity contribution in [3.05, 3.63) is 76.9 Å². The third-order valence-electron chi connectivity index (χ3n) is 5.41. The van der Waals surface area contributed by atoms with Crippen molar-refractivity contribution in [2.75, 3.05) is 37.6 Å². The summed E-state index contributed by atoms with van der Waals surface area (Å²) in [5.74, 6) is -0.469. The number of para-hydroxylation sites is 1. The van der Waals surface area contributed by atoms with Crippen LogP contribution in [0.25, 0.3) is 0 Å². The minimum Gasteiger partial charge on any atom is -0.468 e. The van der Waals surface area contributed by atoms with Gasteiger partial charge in [-0.05, 0) is 35.7 Å². The Balaban J connectivity index is 1.32. The van der Waals surface area contributed by atoms with Crippen LogP contribution in [0, 0.1) is 0 Å². The summed E-state index contributed by atoms with van der Waals surface area (Å²) in [6.07, 6.45) is 1.64. The van der Waals surface area contributed by atoms with Gasteiger partial charge in [0.15, 0.2) is 0 Å². The van der Waals surface area contributed by atoms with Gasteiger partial charge in [0.25, 0.3) is 0 Å². The molecule has 4 rings (SSSR count). The molecular formula is C23H26N4O3S. The molecule has 3 heterocycles. The lowest BCUT2D eigenvalue weighted by atomic mass is 10.1. The SMILES string of the molecule is O=C(NCc1cccs1)C(=O)NC[C@H](c1ccco1)N1CCN(c2ccccc2)CC1. The Labute approximate surface area is 185 Å². The summed E-state index contributed by atoms with van der Waals surface area (Å²) in [5.41, 5.74) is 1.22. The lowest BCUT2D eigenvalue weighted by Gasteiger charge is -2.39. The molecule has 2 N–H and O–H groups in total. The zero-order valence-corrected chi connectivity index (χ0v) is 18.0. The predicted octanol–water partition coefficient (Wildman–Crippen LogP) is 2.64. The van der Waals surface area contributed by atoms with Crippen molar-refractivity contribution in [1.29, 1.82) is 0 Å². The minimum absolute atomic E-state index is 0.123. The van der Waals surface area contributed by atoms with Crippen molar-refractivity contribution in [2.24, 2.45) is 0 Å². The molecular weight excluding hydrogens is 412 g/mol. The number of hydrogen-bond donors (Lipinski definition) is 2. The highest BCUT2D eigenvalue weighted by molar-refractivity contribution is 7.09. The van der Waals surface area contributed by atoms with Crippen molar-refractivity contribution in [3.63, 3.8) is 0 Å². The van der Waals surface area contributed by atoms with Gasteiger partial charge < -0.3 is 20.0 Å². The Morgan fingerprint density at radius 2 is 1.71 bits per heavy atom. The summed E-state index contributed by atoms with van der Waals surface area (Å²) in [6, 6.07) is 17.8. The Bertz CT molecular complexity index is 952. The molecule has 1 aliphatic heterocycles. The first-order valence-corrected chi connectivity index (χ1v) is 11.2. The number of carbonyl (C=O) groups excluding carboxylic acids is 2. The average Bonchev–Trinajstić information content (AvgIpc) is 3.53. The molecule has 0 radical (unpaired) electrons. The molecule has 31 heavy (non-hydrogen) atoms. The van der Waals surface area contributed by atoms with E-state index in [4.69, 9.17) is 4.42 Å². The standard InChI is InChI=1S/C23H26N4O3S/c28-22(24-16-19-8-5-15-31-19)23(29)25-17-20(21-9-4-14-30-21)27-12-10-26(11-13-27)18-6-2-1-3-7-18/h1-9,14-15,20H,10-13,16-17H2,(H,24,28)(H,25,29)/t20-/m1/s1. The van der Waals surface area contributed by atoms with Crippen molar-refractivity contribution in [1.82, 2.24) is 15.5 Å². The van der Waals surface area contributed by atoms with Gasteiger partial charge in [-0.15, -0.1) is 11.3 Å². The molecule has 1 saturated heterocycles. The number of rotatable bonds is 7. The predicted molar refractivity (Wildman–Crippen MR) is 121 cm³/mol. The lowest BCUT2D eigenvalue weighted by molar-refractivity contribution is -0.139. The first kappa shape index (κ1) is 21.1. The zero-order chi connectivity index (χ0) is 21.5. The van der Waals surface area contributed by atoms with E-state index in [1.165, 1.54) is 5.69 Å². The molecule has 7 nitrogen and oxygen atoms in total. The van der Waals surface area contributed by atoms with Gasteiger partial charge in [0.2, 0.25) is 0 Å². The molecule has 0 saturated carbocycles. The third-order valence-corrected chi connectivity index (χ3v) is 6.29. The van der Waals surface area contributed by atoms with Gasteiger partial charge in [-0.3, -0.25) is 14.5 Å². The summed E-state index contributed by atoms with van der Waals surface area (Å²) >= 11 is 1.54. The van der Waals surface area contributed by atoms with E-state index in [2.05, 4.69) is 32.6 Å². The number of furan rings is 1. The van der Waals surface area contributed by atoms with Gasteiger partial charge >= 0.3 is 11.8 Å². The quantitative estimate of drug-likeness (QED) is 0.555. The van der Waals surface area contributed by atoms with Crippen LogP contribution in [-0.2, 0) is 16.1 Å². The molecule has 1 atom stereocenters. The molecule has 0 aliphatic carbocycles. The van der Waals surface area contributed by atoms with Gasteiger partial charge in [-0.1, -0.05) is 24.3 Å². The maximum absolute atomic E-state index is 12.3. The van der Waals surface area contributed by atoms with Gasteiger partial charge in [0, 0.05) is 43.3 Å². The number of thiophene rings is 1. The van der Waals surface area contributed by atoms with E-state index < -0.39 is 11.8 Å². The van der Waals surface area contributed by atoms with E-state index >= 15 is 0 Å². The highest BCUT2D eigenvalue weighted by Gasteiger charge is 2.28. The Morgan fingerprint density at radius 1 is 0.935 bits per heavy atom. The highest BCUT2D eigenvalue weighted by Crippen LogP contribution is 2.24. The number of piperazine rings is 1. The van der Waals surface area contributed by atoms with E-state index in [-0.39, 0.29) is 6.04 Å². The molecule has 1 aromatic carbocycles. The topological polar surface area (TPSA) is 77.8 Å². The Morgan fingerprint density at radius 3 is 2.39 bits per heavy atom. The number of anilines is 1. The molecule has 2 aromatic heterocycles. The molecule has 1 fully saturated rings. The molecule has 162 valence electrons. The monoisotopic (exact) mass is 438 g/mol. The normalized spacial score (nSPS) is 15.4. The fraction of sp³-hybridized carbons (Fsp3) is 0.304. The zero-order valence-electron chi connectivity index (χ0n) is 17.2. The van der Waals surface area contributed by atoms with Crippen LogP contribution in [0.5, 0.6) is 0 Å². The summed E-state index contributed by atoms with van der Waals surface area (Å²) < 4.78 is 5.64. The molecule has 3 aromatic rings. The highest BCUT2D eigenvalue weighted by atomic mass is 32.1. The number of nitrogens with one attached hydrogen (secondary N) is 2. The second-order valence-corrected chi connectivity index (χ2v) is 8.39. The van der Waals surface area contributed by atoms with Gasteiger partial charge in [-0.2, -0.15) is 0 Å². The van der Waals surface area contributed by atoms with Crippen molar-refractivity contribution in [3.8, 4) is 0 Å². The van der Waals surface area contributed by atoms with Crippen LogP contribution in [0.4, 0.5) is 5.69 Å². The number of hydrogen-bond acceptors (Lipinski definition) is 6.